The summed E-state index contributed by atoms with van der Waals surface area (Å²) >= 11 is 6.38. The number of nitrogens with one attached hydrogen (secondary N) is 1. The van der Waals surface area contributed by atoms with E-state index >= 15 is 0 Å². The van der Waals surface area contributed by atoms with Crippen molar-refractivity contribution in [3.63, 3.8) is 0 Å². The van der Waals surface area contributed by atoms with Crippen molar-refractivity contribution in [2.24, 2.45) is 11.7 Å². The minimum atomic E-state index is -0.471. The average Bonchev–Trinajstić information content (AvgIpc) is 3.02. The maximum Gasteiger partial charge on any atom is 0.239 e. The third-order valence-corrected chi connectivity index (χ3v) is 9.28. The zero-order valence-corrected chi connectivity index (χ0v) is 25.6. The number of piperidine rings is 1. The molecule has 5 rings (SSSR count). The van der Waals surface area contributed by atoms with E-state index in [1.54, 1.807) is 6.07 Å². The first kappa shape index (κ1) is 31.0. The number of rotatable bonds is 10. The van der Waals surface area contributed by atoms with Gasteiger partial charge in [0.15, 0.2) is 0 Å². The highest BCUT2D eigenvalue weighted by atomic mass is 35.5. The Morgan fingerprint density at radius 3 is 2.62 bits per heavy atom. The van der Waals surface area contributed by atoms with E-state index in [4.69, 9.17) is 22.1 Å². The summed E-state index contributed by atoms with van der Waals surface area (Å²) in [5, 5.41) is 4.18. The molecule has 42 heavy (non-hydrogen) atoms. The zero-order chi connectivity index (χ0) is 29.5. The van der Waals surface area contributed by atoms with E-state index in [-0.39, 0.29) is 17.6 Å². The number of hydrogen-bond acceptors (Lipinski definition) is 6. The molecule has 2 saturated heterocycles. The summed E-state index contributed by atoms with van der Waals surface area (Å²) in [6.07, 6.45) is 6.15. The molecule has 0 bridgehead atoms. The lowest BCUT2D eigenvalue weighted by Crippen LogP contribution is -2.55. The predicted octanol–water partition coefficient (Wildman–Crippen LogP) is 4.18. The van der Waals surface area contributed by atoms with Crippen LogP contribution in [0.5, 0.6) is 5.75 Å². The number of likely N-dealkylation sites (tertiary alicyclic amines) is 1. The van der Waals surface area contributed by atoms with Crippen LogP contribution in [0.2, 0.25) is 5.02 Å². The lowest BCUT2D eigenvalue weighted by molar-refractivity contribution is -0.136. The molecule has 0 aromatic heterocycles. The van der Waals surface area contributed by atoms with Crippen molar-refractivity contribution in [1.29, 1.82) is 0 Å². The molecular weight excluding hydrogens is 553 g/mol. The second kappa shape index (κ2) is 14.8. The number of halogens is 2. The summed E-state index contributed by atoms with van der Waals surface area (Å²) in [5.74, 6) is 0.588. The number of carbonyl (C=O) groups is 1. The van der Waals surface area contributed by atoms with Gasteiger partial charge in [-0.25, -0.2) is 4.39 Å². The van der Waals surface area contributed by atoms with Gasteiger partial charge in [-0.15, -0.1) is 0 Å². The van der Waals surface area contributed by atoms with Crippen molar-refractivity contribution >= 4 is 23.1 Å². The van der Waals surface area contributed by atoms with Gasteiger partial charge in [-0.2, -0.15) is 0 Å². The molecule has 0 spiro atoms. The van der Waals surface area contributed by atoms with Gasteiger partial charge in [-0.3, -0.25) is 9.69 Å². The summed E-state index contributed by atoms with van der Waals surface area (Å²) in [5.41, 5.74) is 11.2. The molecular formula is C33H45ClFN5O2. The number of amides is 1. The first-order chi connectivity index (χ1) is 20.4. The third-order valence-electron chi connectivity index (χ3n) is 9.04. The maximum atomic E-state index is 14.5. The minimum absolute atomic E-state index is 0.0489. The van der Waals surface area contributed by atoms with Gasteiger partial charge in [-0.05, 0) is 99.1 Å². The van der Waals surface area contributed by atoms with E-state index in [1.165, 1.54) is 22.8 Å². The standard InChI is InChI=1S/C33H45ClFN5O2/c1-2-42-31-5-3-4-30(35)29(31)23-39-18-20-40(21-19-39)33(41)32(36)25-10-15-38(16-11-25)17-12-26-22-27(34)6-7-28(26)24-8-13-37-14-9-24/h3-8,22,25,32,37H,2,9-21,23,36H2,1H3. The molecule has 7 nitrogen and oxygen atoms in total. The topological polar surface area (TPSA) is 74.1 Å². The Kier molecular flexibility index (Phi) is 10.9. The van der Waals surface area contributed by atoms with Crippen LogP contribution in [0.15, 0.2) is 42.5 Å². The van der Waals surface area contributed by atoms with Gasteiger partial charge in [-0.1, -0.05) is 29.8 Å². The molecule has 3 heterocycles. The van der Waals surface area contributed by atoms with Crippen LogP contribution in [0, 0.1) is 11.7 Å². The van der Waals surface area contributed by atoms with E-state index in [0.29, 0.717) is 50.6 Å². The number of benzene rings is 2. The smallest absolute Gasteiger partial charge is 0.239 e. The number of piperazine rings is 1. The molecule has 1 amide bonds. The number of hydrogen-bond donors (Lipinski definition) is 2. The summed E-state index contributed by atoms with van der Waals surface area (Å²) < 4.78 is 20.2. The highest BCUT2D eigenvalue weighted by Crippen LogP contribution is 2.28. The van der Waals surface area contributed by atoms with Crippen LogP contribution in [-0.2, 0) is 17.8 Å². The lowest BCUT2D eigenvalue weighted by atomic mass is 9.88. The molecule has 0 aliphatic carbocycles. The fourth-order valence-electron chi connectivity index (χ4n) is 6.51. The van der Waals surface area contributed by atoms with Gasteiger partial charge in [0, 0.05) is 56.4 Å². The van der Waals surface area contributed by atoms with Crippen LogP contribution < -0.4 is 15.8 Å². The Morgan fingerprint density at radius 2 is 1.90 bits per heavy atom. The number of nitrogens with two attached hydrogens (primary N) is 1. The Bertz CT molecular complexity index is 1240. The molecule has 2 fully saturated rings. The maximum absolute atomic E-state index is 14.5. The highest BCUT2D eigenvalue weighted by Gasteiger charge is 2.33. The number of carbonyl (C=O) groups excluding carboxylic acids is 1. The molecule has 3 N–H and O–H groups in total. The molecule has 3 aliphatic heterocycles. The average molecular weight is 598 g/mol. The van der Waals surface area contributed by atoms with Crippen LogP contribution >= 0.6 is 11.6 Å². The van der Waals surface area contributed by atoms with Crippen LogP contribution in [0.3, 0.4) is 0 Å². The predicted molar refractivity (Wildman–Crippen MR) is 167 cm³/mol. The molecule has 1 atom stereocenters. The molecule has 0 radical (unpaired) electrons. The van der Waals surface area contributed by atoms with E-state index in [9.17, 15) is 9.18 Å². The molecule has 1 unspecified atom stereocenters. The Balaban J connectivity index is 1.07. The summed E-state index contributed by atoms with van der Waals surface area (Å²) in [6, 6.07) is 10.8. The van der Waals surface area contributed by atoms with Crippen molar-refractivity contribution in [3.8, 4) is 5.75 Å². The highest BCUT2D eigenvalue weighted by molar-refractivity contribution is 6.30. The summed E-state index contributed by atoms with van der Waals surface area (Å²) in [7, 11) is 0. The fourth-order valence-corrected chi connectivity index (χ4v) is 6.70. The molecule has 228 valence electrons. The molecule has 9 heteroatoms. The second-order valence-corrected chi connectivity index (χ2v) is 12.1. The molecule has 0 saturated carbocycles. The van der Waals surface area contributed by atoms with Crippen molar-refractivity contribution in [3.05, 3.63) is 70.0 Å². The SMILES string of the molecule is CCOc1cccc(F)c1CN1CCN(C(=O)C(N)C2CCN(CCc3cc(Cl)ccc3C3=CCNCC3)CC2)CC1. The Hall–Kier alpha value is -2.49. The van der Waals surface area contributed by atoms with Crippen LogP contribution in [-0.4, -0.2) is 92.2 Å². The van der Waals surface area contributed by atoms with Gasteiger partial charge in [0.25, 0.3) is 0 Å². The van der Waals surface area contributed by atoms with Gasteiger partial charge in [0.05, 0.1) is 12.6 Å². The Labute approximate surface area is 254 Å². The third kappa shape index (κ3) is 7.71. The van der Waals surface area contributed by atoms with Crippen LogP contribution in [0.25, 0.3) is 5.57 Å². The van der Waals surface area contributed by atoms with E-state index in [2.05, 4.69) is 33.3 Å². The van der Waals surface area contributed by atoms with Crippen molar-refractivity contribution in [1.82, 2.24) is 20.0 Å². The largest absolute Gasteiger partial charge is 0.493 e. The van der Waals surface area contributed by atoms with Gasteiger partial charge in [0.2, 0.25) is 5.91 Å². The monoisotopic (exact) mass is 597 g/mol. The fraction of sp³-hybridized carbons (Fsp3) is 0.545. The second-order valence-electron chi connectivity index (χ2n) is 11.7. The quantitative estimate of drug-likeness (QED) is 0.428. The van der Waals surface area contributed by atoms with E-state index in [0.717, 1.165) is 63.4 Å². The lowest BCUT2D eigenvalue weighted by Gasteiger charge is -2.39. The molecule has 2 aromatic rings. The molecule has 3 aliphatic rings. The van der Waals surface area contributed by atoms with E-state index in [1.807, 2.05) is 24.0 Å². The first-order valence-electron chi connectivity index (χ1n) is 15.5. The first-order valence-corrected chi connectivity index (χ1v) is 15.9. The van der Waals surface area contributed by atoms with Crippen molar-refractivity contribution in [2.75, 3.05) is 65.5 Å². The van der Waals surface area contributed by atoms with Gasteiger partial charge in [0.1, 0.15) is 11.6 Å². The summed E-state index contributed by atoms with van der Waals surface area (Å²) in [4.78, 5) is 19.9. The minimum Gasteiger partial charge on any atom is -0.493 e. The van der Waals surface area contributed by atoms with Gasteiger partial charge < -0.3 is 25.6 Å². The van der Waals surface area contributed by atoms with Crippen LogP contribution in [0.4, 0.5) is 4.39 Å². The number of nitrogens with zero attached hydrogens (tertiary/aromatic N) is 3. The van der Waals surface area contributed by atoms with Crippen molar-refractivity contribution < 1.29 is 13.9 Å². The Morgan fingerprint density at radius 1 is 1.12 bits per heavy atom. The van der Waals surface area contributed by atoms with Gasteiger partial charge >= 0.3 is 0 Å². The zero-order valence-electron chi connectivity index (χ0n) is 24.8. The molecule has 2 aromatic carbocycles. The van der Waals surface area contributed by atoms with E-state index < -0.39 is 6.04 Å². The normalized spacial score (nSPS) is 19.9. The number of ether oxygens (including phenoxy) is 1. The van der Waals surface area contributed by atoms with Crippen molar-refractivity contribution in [2.45, 2.75) is 45.2 Å². The van der Waals surface area contributed by atoms with Crippen LogP contribution in [0.1, 0.15) is 42.9 Å². The summed E-state index contributed by atoms with van der Waals surface area (Å²) in [6.45, 7) is 10.3.